The van der Waals surface area contributed by atoms with Crippen molar-refractivity contribution in [1.29, 1.82) is 0 Å². The minimum atomic E-state index is -0.658. The van der Waals surface area contributed by atoms with Crippen LogP contribution in [0.4, 0.5) is 21.6 Å². The van der Waals surface area contributed by atoms with Gasteiger partial charge in [0, 0.05) is 35.6 Å². The lowest BCUT2D eigenvalue weighted by molar-refractivity contribution is -0.384. The molecule has 2 aromatic heterocycles. The second kappa shape index (κ2) is 9.53. The number of hydrogen-bond acceptors (Lipinski definition) is 7. The third-order valence-electron chi connectivity index (χ3n) is 5.67. The van der Waals surface area contributed by atoms with Gasteiger partial charge in [-0.25, -0.2) is 9.37 Å². The van der Waals surface area contributed by atoms with E-state index in [-0.39, 0.29) is 12.3 Å². The number of aromatic nitrogens is 2. The molecule has 0 atom stereocenters. The second-order valence-corrected chi connectivity index (χ2v) is 8.29. The highest BCUT2D eigenvalue weighted by Gasteiger charge is 2.23. The van der Waals surface area contributed by atoms with Crippen molar-refractivity contribution in [2.24, 2.45) is 5.73 Å². The number of nitrogens with zero attached hydrogens (tertiary/aromatic N) is 3. The highest BCUT2D eigenvalue weighted by molar-refractivity contribution is 5.86. The van der Waals surface area contributed by atoms with Crippen molar-refractivity contribution in [3.8, 4) is 22.8 Å². The number of carbonyl (C=O) groups is 1. The summed E-state index contributed by atoms with van der Waals surface area (Å²) in [6, 6.07) is 9.13. The van der Waals surface area contributed by atoms with Crippen molar-refractivity contribution in [1.82, 2.24) is 9.38 Å². The number of rotatable bonds is 8. The van der Waals surface area contributed by atoms with Gasteiger partial charge in [0.15, 0.2) is 6.61 Å². The number of hydrogen-bond donors (Lipinski definition) is 2. The van der Waals surface area contributed by atoms with Crippen LogP contribution in [-0.4, -0.2) is 33.9 Å². The molecule has 0 saturated carbocycles. The molecule has 2 aromatic carbocycles. The molecule has 186 valence electrons. The monoisotopic (exact) mass is 493 g/mol. The smallest absolute Gasteiger partial charge is 0.270 e. The summed E-state index contributed by atoms with van der Waals surface area (Å²) < 4.78 is 26.9. The number of nitro benzene ring substituents is 1. The van der Waals surface area contributed by atoms with Crippen LogP contribution < -0.4 is 20.5 Å². The molecule has 0 saturated heterocycles. The fourth-order valence-corrected chi connectivity index (χ4v) is 4.08. The largest absolute Gasteiger partial charge is 0.497 e. The molecule has 2 heterocycles. The average molecular weight is 493 g/mol. The Bertz CT molecular complexity index is 1490. The maximum absolute atomic E-state index is 14.3. The third kappa shape index (κ3) is 4.63. The summed E-state index contributed by atoms with van der Waals surface area (Å²) in [5.74, 6) is 0.0656. The maximum atomic E-state index is 14.3. The van der Waals surface area contributed by atoms with E-state index < -0.39 is 16.6 Å². The summed E-state index contributed by atoms with van der Waals surface area (Å²) in [6.45, 7) is 4.94. The number of anilines is 2. The number of non-ortho nitro benzene ring substituents is 1. The highest BCUT2D eigenvalue weighted by Crippen LogP contribution is 2.42. The van der Waals surface area contributed by atoms with E-state index in [1.54, 1.807) is 30.4 Å². The summed E-state index contributed by atoms with van der Waals surface area (Å²) in [5, 5.41) is 14.6. The van der Waals surface area contributed by atoms with Gasteiger partial charge in [0.05, 0.1) is 12.0 Å². The molecule has 1 amide bonds. The number of halogens is 1. The number of pyridine rings is 1. The predicted octanol–water partition coefficient (Wildman–Crippen LogP) is 4.59. The Kier molecular flexibility index (Phi) is 6.47. The van der Waals surface area contributed by atoms with Crippen LogP contribution in [-0.2, 0) is 4.79 Å². The lowest BCUT2D eigenvalue weighted by Gasteiger charge is -2.17. The average Bonchev–Trinajstić information content (AvgIpc) is 3.16. The van der Waals surface area contributed by atoms with Crippen LogP contribution >= 0.6 is 0 Å². The molecule has 0 aliphatic rings. The van der Waals surface area contributed by atoms with Crippen molar-refractivity contribution in [3.05, 3.63) is 75.2 Å². The Morgan fingerprint density at radius 3 is 2.47 bits per heavy atom. The second-order valence-electron chi connectivity index (χ2n) is 8.29. The normalized spacial score (nSPS) is 10.9. The number of nitrogens with one attached hydrogen (secondary N) is 1. The zero-order chi connectivity index (χ0) is 26.1. The first-order valence-electron chi connectivity index (χ1n) is 10.9. The Hall–Kier alpha value is -4.67. The fourth-order valence-electron chi connectivity index (χ4n) is 4.08. The van der Waals surface area contributed by atoms with E-state index >= 15 is 0 Å². The van der Waals surface area contributed by atoms with Crippen molar-refractivity contribution in [3.63, 3.8) is 0 Å². The number of nitrogens with two attached hydrogens (primary N) is 1. The van der Waals surface area contributed by atoms with Crippen LogP contribution in [0, 0.1) is 36.7 Å². The molecule has 0 aliphatic heterocycles. The van der Waals surface area contributed by atoms with E-state index in [1.807, 2.05) is 6.92 Å². The number of amides is 1. The van der Waals surface area contributed by atoms with Gasteiger partial charge in [-0.2, -0.15) is 0 Å². The molecule has 11 heteroatoms. The topological polar surface area (TPSA) is 134 Å². The number of primary amides is 1. The number of ether oxygens (including phenoxy) is 2. The van der Waals surface area contributed by atoms with E-state index in [0.717, 1.165) is 5.56 Å². The quantitative estimate of drug-likeness (QED) is 0.271. The Labute approximate surface area is 205 Å². The zero-order valence-corrected chi connectivity index (χ0v) is 20.1. The van der Waals surface area contributed by atoms with Crippen molar-refractivity contribution in [2.75, 3.05) is 19.0 Å². The molecule has 0 bridgehead atoms. The molecule has 4 aromatic rings. The van der Waals surface area contributed by atoms with Gasteiger partial charge in [-0.1, -0.05) is 0 Å². The molecule has 10 nitrogen and oxygen atoms in total. The summed E-state index contributed by atoms with van der Waals surface area (Å²) >= 11 is 0. The molecule has 0 fully saturated rings. The minimum absolute atomic E-state index is 0.0342. The van der Waals surface area contributed by atoms with E-state index in [0.29, 0.717) is 51.0 Å². The maximum Gasteiger partial charge on any atom is 0.270 e. The summed E-state index contributed by atoms with van der Waals surface area (Å²) in [4.78, 5) is 27.0. The van der Waals surface area contributed by atoms with Crippen LogP contribution in [0.1, 0.15) is 16.7 Å². The first-order valence-corrected chi connectivity index (χ1v) is 10.9. The van der Waals surface area contributed by atoms with E-state index in [2.05, 4.69) is 5.32 Å². The predicted molar refractivity (Wildman–Crippen MR) is 132 cm³/mol. The van der Waals surface area contributed by atoms with Gasteiger partial charge in [0.2, 0.25) is 0 Å². The fraction of sp³-hybridized carbons (Fsp3) is 0.200. The standard InChI is InChI=1S/C25H24FN5O5/c1-13-9-18(35-4)10-19(36-12-20(27)32)22(13)24-25(30-11-16(26)5-6-21(30)28-24)29-23-14(2)7-17(31(33)34)8-15(23)3/h5-11,29H,12H2,1-4H3,(H2,27,32). The van der Waals surface area contributed by atoms with Crippen LogP contribution in [0.15, 0.2) is 42.6 Å². The van der Waals surface area contributed by atoms with Crippen molar-refractivity contribution < 1.29 is 23.6 Å². The van der Waals surface area contributed by atoms with Crippen LogP contribution in [0.3, 0.4) is 0 Å². The summed E-state index contributed by atoms with van der Waals surface area (Å²) in [5.41, 5.74) is 9.24. The van der Waals surface area contributed by atoms with Gasteiger partial charge in [-0.15, -0.1) is 0 Å². The molecule has 0 spiro atoms. The van der Waals surface area contributed by atoms with E-state index in [4.69, 9.17) is 20.2 Å². The third-order valence-corrected chi connectivity index (χ3v) is 5.67. The van der Waals surface area contributed by atoms with Gasteiger partial charge in [0.25, 0.3) is 11.6 Å². The van der Waals surface area contributed by atoms with Gasteiger partial charge < -0.3 is 20.5 Å². The number of nitro groups is 1. The SMILES string of the molecule is COc1cc(C)c(-c2nc3ccc(F)cn3c2Nc2c(C)cc([N+](=O)[O-])cc2C)c(OCC(N)=O)c1. The first-order chi connectivity index (χ1) is 17.1. The number of carbonyl (C=O) groups excluding carboxylic acids is 1. The number of methoxy groups -OCH3 is 1. The Morgan fingerprint density at radius 1 is 1.17 bits per heavy atom. The molecule has 0 aliphatic carbocycles. The zero-order valence-electron chi connectivity index (χ0n) is 20.1. The first kappa shape index (κ1) is 24.5. The van der Waals surface area contributed by atoms with E-state index in [9.17, 15) is 19.3 Å². The Morgan fingerprint density at radius 2 is 1.86 bits per heavy atom. The van der Waals surface area contributed by atoms with E-state index in [1.165, 1.54) is 37.6 Å². The molecular formula is C25H24FN5O5. The van der Waals surface area contributed by atoms with Gasteiger partial charge in [-0.3, -0.25) is 19.3 Å². The Balaban J connectivity index is 1.97. The van der Waals surface area contributed by atoms with Gasteiger partial charge >= 0.3 is 0 Å². The van der Waals surface area contributed by atoms with Crippen molar-refractivity contribution in [2.45, 2.75) is 20.8 Å². The lowest BCUT2D eigenvalue weighted by Crippen LogP contribution is -2.20. The number of fused-ring (bicyclic) bond motifs is 1. The molecule has 0 unspecified atom stereocenters. The molecule has 4 rings (SSSR count). The van der Waals surface area contributed by atoms with Crippen LogP contribution in [0.5, 0.6) is 11.5 Å². The highest BCUT2D eigenvalue weighted by atomic mass is 19.1. The van der Waals surface area contributed by atoms with Crippen LogP contribution in [0.25, 0.3) is 16.9 Å². The molecule has 3 N–H and O–H groups in total. The minimum Gasteiger partial charge on any atom is -0.497 e. The van der Waals surface area contributed by atoms with Gasteiger partial charge in [0.1, 0.15) is 34.5 Å². The van der Waals surface area contributed by atoms with Gasteiger partial charge in [-0.05, 0) is 55.7 Å². The summed E-state index contributed by atoms with van der Waals surface area (Å²) in [6.07, 6.45) is 1.28. The number of aryl methyl sites for hydroxylation is 3. The lowest BCUT2D eigenvalue weighted by atomic mass is 10.0. The number of imidazole rings is 1. The number of benzene rings is 2. The summed E-state index contributed by atoms with van der Waals surface area (Å²) in [7, 11) is 1.51. The van der Waals surface area contributed by atoms with Crippen LogP contribution in [0.2, 0.25) is 0 Å². The molecule has 0 radical (unpaired) electrons. The molecule has 36 heavy (non-hydrogen) atoms. The van der Waals surface area contributed by atoms with Crippen molar-refractivity contribution >= 4 is 28.7 Å². The molecular weight excluding hydrogens is 469 g/mol.